The lowest BCUT2D eigenvalue weighted by Gasteiger charge is -2.12. The second-order valence-electron chi connectivity index (χ2n) is 28.9. The van der Waals surface area contributed by atoms with Crippen LogP contribution in [0.25, 0.3) is 213 Å². The number of nitrogens with zero attached hydrogens (tertiary/aromatic N) is 9. The first-order chi connectivity index (χ1) is 55.5. The molecule has 25 aromatic rings. The number of hydrogen-bond donors (Lipinski definition) is 0. The lowest BCUT2D eigenvalue weighted by Crippen LogP contribution is -1.98. The Bertz CT molecular complexity index is 7570. The van der Waals surface area contributed by atoms with Gasteiger partial charge < -0.3 is 18.3 Å². The Balaban J connectivity index is 0.000000103. The summed E-state index contributed by atoms with van der Waals surface area (Å²) in [6.07, 6.45) is 7.49. The van der Waals surface area contributed by atoms with Crippen molar-refractivity contribution >= 4 is 152 Å². The number of thiazole rings is 1. The van der Waals surface area contributed by atoms with Crippen LogP contribution in [-0.2, 0) is 0 Å². The van der Waals surface area contributed by atoms with Gasteiger partial charge in [0.25, 0.3) is 0 Å². The Morgan fingerprint density at radius 2 is 0.562 bits per heavy atom. The van der Waals surface area contributed by atoms with Gasteiger partial charge in [-0.3, -0.25) is 14.5 Å². The van der Waals surface area contributed by atoms with E-state index >= 15 is 0 Å². The van der Waals surface area contributed by atoms with Crippen LogP contribution in [0.2, 0.25) is 0 Å². The highest BCUT2D eigenvalue weighted by atomic mass is 32.1. The Morgan fingerprint density at radius 3 is 0.973 bits per heavy atom. The molecule has 8 heterocycles. The SMILES string of the molecule is c1ccc(-n2c(-c3ccc(-n4c5cccc6ccc7cccc4c7c65)cc3)nc3ccccc32)cc1.c1ccc2sc(-c3ccc(-n4c5cccc6ccc7cccc4c7c65)cc3)nc2c1.c1cncc(-c2ccc3c(c2)c2cc(-c4cccnc4)ccc2n3-c2ccc(-n3c4cccc5ccc6cccc3c6c54)cc2)c1. The molecule has 25 rings (SSSR count). The fourth-order valence-corrected chi connectivity index (χ4v) is 18.7. The minimum Gasteiger partial charge on any atom is -0.309 e. The van der Waals surface area contributed by atoms with Crippen molar-refractivity contribution in [3.8, 4) is 72.6 Å². The Hall–Kier alpha value is -14.8. The molecule has 0 bridgehead atoms. The second-order valence-corrected chi connectivity index (χ2v) is 30.0. The highest BCUT2D eigenvalue weighted by molar-refractivity contribution is 7.21. The van der Waals surface area contributed by atoms with E-state index < -0.39 is 0 Å². The molecule has 112 heavy (non-hydrogen) atoms. The van der Waals surface area contributed by atoms with Crippen LogP contribution < -0.4 is 0 Å². The number of pyridine rings is 2. The van der Waals surface area contributed by atoms with Crippen LogP contribution in [0.15, 0.2) is 383 Å². The van der Waals surface area contributed by atoms with E-state index in [0.717, 1.165) is 83.5 Å². The summed E-state index contributed by atoms with van der Waals surface area (Å²) in [6, 6.07) is 128. The Labute approximate surface area is 645 Å². The Kier molecular flexibility index (Phi) is 14.3. The van der Waals surface area contributed by atoms with Gasteiger partial charge in [-0.15, -0.1) is 11.3 Å². The summed E-state index contributed by atoms with van der Waals surface area (Å²) in [6.45, 7) is 0. The number of para-hydroxylation sites is 4. The molecule has 0 N–H and O–H groups in total. The van der Waals surface area contributed by atoms with Gasteiger partial charge in [0.15, 0.2) is 0 Å². The zero-order valence-corrected chi connectivity index (χ0v) is 61.1. The third-order valence-corrected chi connectivity index (χ3v) is 23.8. The normalized spacial score (nSPS) is 11.9. The molecular formula is C102H63N9S. The third-order valence-electron chi connectivity index (χ3n) is 22.7. The van der Waals surface area contributed by atoms with E-state index in [-0.39, 0.29) is 0 Å². The zero-order valence-electron chi connectivity index (χ0n) is 60.3. The van der Waals surface area contributed by atoms with Crippen LogP contribution in [0.5, 0.6) is 0 Å². The third kappa shape index (κ3) is 10.0. The van der Waals surface area contributed by atoms with Crippen molar-refractivity contribution in [2.75, 3.05) is 0 Å². The summed E-state index contributed by atoms with van der Waals surface area (Å²) >= 11 is 1.74. The fraction of sp³-hybridized carbons (Fsp3) is 0. The van der Waals surface area contributed by atoms with Gasteiger partial charge >= 0.3 is 0 Å². The molecule has 522 valence electrons. The average molecular weight is 1450 g/mol. The van der Waals surface area contributed by atoms with Crippen molar-refractivity contribution in [3.63, 3.8) is 0 Å². The molecule has 0 aliphatic carbocycles. The maximum absolute atomic E-state index is 5.03. The molecule has 0 radical (unpaired) electrons. The van der Waals surface area contributed by atoms with E-state index in [1.807, 2.05) is 55.1 Å². The van der Waals surface area contributed by atoms with Gasteiger partial charge in [-0.2, -0.15) is 0 Å². The van der Waals surface area contributed by atoms with E-state index in [1.54, 1.807) is 11.3 Å². The molecule has 0 aliphatic rings. The van der Waals surface area contributed by atoms with Crippen molar-refractivity contribution in [1.29, 1.82) is 0 Å². The van der Waals surface area contributed by atoms with Crippen LogP contribution in [0, 0.1) is 0 Å². The Morgan fingerprint density at radius 1 is 0.214 bits per heavy atom. The minimum atomic E-state index is 0.947. The highest BCUT2D eigenvalue weighted by Gasteiger charge is 2.23. The summed E-state index contributed by atoms with van der Waals surface area (Å²) < 4.78 is 13.0. The second kappa shape index (κ2) is 25.4. The number of hydrogen-bond acceptors (Lipinski definition) is 5. The van der Waals surface area contributed by atoms with Crippen molar-refractivity contribution in [2.24, 2.45) is 0 Å². The maximum Gasteiger partial charge on any atom is 0.145 e. The van der Waals surface area contributed by atoms with Crippen molar-refractivity contribution in [1.82, 2.24) is 42.8 Å². The summed E-state index contributed by atoms with van der Waals surface area (Å²) in [5, 5.41) is 19.2. The zero-order chi connectivity index (χ0) is 73.5. The maximum atomic E-state index is 5.03. The van der Waals surface area contributed by atoms with Gasteiger partial charge in [-0.05, 0) is 225 Å². The van der Waals surface area contributed by atoms with Crippen molar-refractivity contribution < 1.29 is 0 Å². The van der Waals surface area contributed by atoms with Crippen molar-refractivity contribution in [3.05, 3.63) is 383 Å². The first-order valence-electron chi connectivity index (χ1n) is 37.9. The van der Waals surface area contributed by atoms with Crippen LogP contribution in [0.4, 0.5) is 0 Å². The molecule has 0 saturated heterocycles. The van der Waals surface area contributed by atoms with E-state index in [9.17, 15) is 0 Å². The molecule has 10 heteroatoms. The van der Waals surface area contributed by atoms with Gasteiger partial charge in [0, 0.05) is 119 Å². The molecule has 0 atom stereocenters. The lowest BCUT2D eigenvalue weighted by atomic mass is 10.0. The predicted molar refractivity (Wildman–Crippen MR) is 468 cm³/mol. The van der Waals surface area contributed by atoms with Crippen LogP contribution in [0.3, 0.4) is 0 Å². The van der Waals surface area contributed by atoms with E-state index in [1.165, 1.54) is 130 Å². The van der Waals surface area contributed by atoms with Gasteiger partial charge in [-0.1, -0.05) is 176 Å². The smallest absolute Gasteiger partial charge is 0.145 e. The van der Waals surface area contributed by atoms with Crippen LogP contribution in [-0.4, -0.2) is 42.8 Å². The molecule has 0 aliphatic heterocycles. The lowest BCUT2D eigenvalue weighted by molar-refractivity contribution is 1.10. The molecule has 17 aromatic carbocycles. The quantitative estimate of drug-likeness (QED) is 0.135. The average Bonchev–Trinajstić information content (AvgIpc) is 1.58. The van der Waals surface area contributed by atoms with Crippen LogP contribution in [0.1, 0.15) is 0 Å². The molecule has 0 fully saturated rings. The molecular weight excluding hydrogens is 1380 g/mol. The topological polar surface area (TPSA) is 76.2 Å². The molecule has 0 unspecified atom stereocenters. The van der Waals surface area contributed by atoms with Crippen LogP contribution >= 0.6 is 11.3 Å². The van der Waals surface area contributed by atoms with Gasteiger partial charge in [0.2, 0.25) is 0 Å². The number of fused-ring (bicyclic) bond motifs is 5. The molecule has 8 aromatic heterocycles. The van der Waals surface area contributed by atoms with E-state index in [4.69, 9.17) is 9.97 Å². The fourth-order valence-electron chi connectivity index (χ4n) is 17.7. The highest BCUT2D eigenvalue weighted by Crippen LogP contribution is 2.45. The first kappa shape index (κ1) is 63.3. The number of imidazole rings is 1. The standard InChI is InChI=1S/C42H26N4.C33H21N3.C27H16N2S/c1-5-27-11-12-28-6-2-10-40-42(28)41(27)39(9-1)46(40)34-17-15-33(16-18-34)45-37-19-13-29(31-7-3-21-43-25-31)23-35(37)36-24-30(14-20-38(36)45)32-8-4-22-44-26-32;1-2-10-25(11-3-1)36-28-13-5-4-12-27(28)34-33(36)24-18-20-26(21-19-24)35-29-14-6-8-22-16-17-23-9-7-15-30(35)32(23)31(22)29;1-2-10-24-21(7-1)28-27(30-24)19-13-15-20(16-14-19)29-22-8-3-5-17-11-12-18-6-4-9-23(29)26(18)25(17)22/h1-26H;1-21H;1-16H. The number of rotatable bonds is 9. The monoisotopic (exact) mass is 1450 g/mol. The largest absolute Gasteiger partial charge is 0.309 e. The number of benzene rings is 17. The van der Waals surface area contributed by atoms with Crippen molar-refractivity contribution in [2.45, 2.75) is 0 Å². The summed E-state index contributed by atoms with van der Waals surface area (Å²) in [7, 11) is 0. The molecule has 0 amide bonds. The molecule has 9 nitrogen and oxygen atoms in total. The first-order valence-corrected chi connectivity index (χ1v) is 38.7. The molecule has 0 saturated carbocycles. The van der Waals surface area contributed by atoms with Gasteiger partial charge in [-0.25, -0.2) is 9.97 Å². The predicted octanol–water partition coefficient (Wildman–Crippen LogP) is 26.6. The van der Waals surface area contributed by atoms with E-state index in [0.29, 0.717) is 0 Å². The van der Waals surface area contributed by atoms with Gasteiger partial charge in [0.1, 0.15) is 10.8 Å². The summed E-state index contributed by atoms with van der Waals surface area (Å²) in [5.41, 5.74) is 25.4. The van der Waals surface area contributed by atoms with Gasteiger partial charge in [0.05, 0.1) is 65.4 Å². The minimum absolute atomic E-state index is 0.947. The number of aromatic nitrogens is 9. The van der Waals surface area contributed by atoms with E-state index in [2.05, 4.69) is 360 Å². The summed E-state index contributed by atoms with van der Waals surface area (Å²) in [4.78, 5) is 18.6. The summed E-state index contributed by atoms with van der Waals surface area (Å²) in [5.74, 6) is 0.947. The molecule has 0 spiro atoms.